The van der Waals surface area contributed by atoms with Crippen LogP contribution in [0.1, 0.15) is 11.1 Å². The highest BCUT2D eigenvalue weighted by Gasteiger charge is 2.10. The molecule has 1 aromatic heterocycles. The molecule has 0 aliphatic rings. The highest BCUT2D eigenvalue weighted by atomic mass is 32.2. The van der Waals surface area contributed by atoms with Gasteiger partial charge in [-0.1, -0.05) is 42.1 Å². The Hall–Kier alpha value is -2.53. The first kappa shape index (κ1) is 16.3. The second-order valence-corrected chi connectivity index (χ2v) is 6.52. The summed E-state index contributed by atoms with van der Waals surface area (Å²) in [4.78, 5) is 16.5. The van der Waals surface area contributed by atoms with Gasteiger partial charge in [0.15, 0.2) is 5.16 Å². The first-order valence-electron chi connectivity index (χ1n) is 7.72. The first-order valence-corrected chi connectivity index (χ1v) is 8.71. The second kappa shape index (κ2) is 7.36. The number of thioether (sulfide) groups is 1. The number of para-hydroxylation sites is 1. The van der Waals surface area contributed by atoms with Crippen LogP contribution < -0.4 is 5.32 Å². The zero-order valence-corrected chi connectivity index (χ0v) is 14.5. The van der Waals surface area contributed by atoms with E-state index in [0.717, 1.165) is 22.1 Å². The average Bonchev–Trinajstić information content (AvgIpc) is 3.02. The Morgan fingerprint density at radius 2 is 2.00 bits per heavy atom. The summed E-state index contributed by atoms with van der Waals surface area (Å²) in [5, 5.41) is 3.73. The second-order valence-electron chi connectivity index (χ2n) is 5.57. The molecule has 0 fully saturated rings. The Balaban J connectivity index is 1.67. The van der Waals surface area contributed by atoms with Gasteiger partial charge in [0.05, 0.1) is 11.4 Å². The zero-order valence-electron chi connectivity index (χ0n) is 13.7. The van der Waals surface area contributed by atoms with E-state index in [1.807, 2.05) is 60.2 Å². The maximum Gasteiger partial charge on any atom is 0.234 e. The molecule has 0 atom stereocenters. The van der Waals surface area contributed by atoms with Gasteiger partial charge in [0, 0.05) is 18.1 Å². The van der Waals surface area contributed by atoms with Crippen molar-refractivity contribution in [2.45, 2.75) is 19.0 Å². The normalized spacial score (nSPS) is 10.6. The largest absolute Gasteiger partial charge is 0.325 e. The lowest BCUT2D eigenvalue weighted by atomic mass is 10.2. The van der Waals surface area contributed by atoms with Crippen LogP contribution in [0.3, 0.4) is 0 Å². The van der Waals surface area contributed by atoms with E-state index >= 15 is 0 Å². The number of aromatic nitrogens is 2. The smallest absolute Gasteiger partial charge is 0.234 e. The van der Waals surface area contributed by atoms with Crippen molar-refractivity contribution in [3.8, 4) is 5.69 Å². The minimum absolute atomic E-state index is 0.0371. The summed E-state index contributed by atoms with van der Waals surface area (Å²) in [7, 11) is 0. The summed E-state index contributed by atoms with van der Waals surface area (Å²) in [5.41, 5.74) is 4.19. The lowest BCUT2D eigenvalue weighted by molar-refractivity contribution is -0.113. The maximum absolute atomic E-state index is 12.2. The highest BCUT2D eigenvalue weighted by Crippen LogP contribution is 2.22. The molecule has 3 aromatic rings. The number of hydrogen-bond acceptors (Lipinski definition) is 3. The number of hydrogen-bond donors (Lipinski definition) is 1. The van der Waals surface area contributed by atoms with E-state index in [-0.39, 0.29) is 5.91 Å². The molecule has 4 nitrogen and oxygen atoms in total. The van der Waals surface area contributed by atoms with Crippen LogP contribution in [-0.2, 0) is 4.79 Å². The van der Waals surface area contributed by atoms with Crippen molar-refractivity contribution >= 4 is 23.4 Å². The Labute approximate surface area is 145 Å². The number of nitrogens with zero attached hydrogens (tertiary/aromatic N) is 2. The van der Waals surface area contributed by atoms with E-state index in [9.17, 15) is 4.79 Å². The molecule has 1 heterocycles. The molecular formula is C19H19N3OS. The van der Waals surface area contributed by atoms with Crippen LogP contribution in [0.2, 0.25) is 0 Å². The first-order chi connectivity index (χ1) is 11.6. The van der Waals surface area contributed by atoms with Gasteiger partial charge in [-0.05, 0) is 43.2 Å². The molecule has 0 radical (unpaired) electrons. The van der Waals surface area contributed by atoms with Gasteiger partial charge in [0.1, 0.15) is 0 Å². The molecule has 0 bridgehead atoms. The van der Waals surface area contributed by atoms with Gasteiger partial charge < -0.3 is 5.32 Å². The number of benzene rings is 2. The van der Waals surface area contributed by atoms with Gasteiger partial charge >= 0.3 is 0 Å². The van der Waals surface area contributed by atoms with Crippen LogP contribution in [0.25, 0.3) is 5.69 Å². The standard InChI is InChI=1S/C19H19N3OS/c1-14-6-5-8-16(12-14)21-18(23)13-24-19-20-10-11-22(19)17-9-4-3-7-15(17)2/h3-12H,13H2,1-2H3,(H,21,23). The molecule has 1 amide bonds. The molecule has 0 aliphatic heterocycles. The molecule has 0 saturated carbocycles. The van der Waals surface area contributed by atoms with Gasteiger partial charge in [-0.25, -0.2) is 4.98 Å². The van der Waals surface area contributed by atoms with Gasteiger partial charge in [0.2, 0.25) is 5.91 Å². The summed E-state index contributed by atoms with van der Waals surface area (Å²) in [6, 6.07) is 15.9. The number of nitrogens with one attached hydrogen (secondary N) is 1. The quantitative estimate of drug-likeness (QED) is 0.709. The van der Waals surface area contributed by atoms with Crippen molar-refractivity contribution in [3.05, 3.63) is 72.1 Å². The lowest BCUT2D eigenvalue weighted by Gasteiger charge is -2.10. The number of rotatable bonds is 5. The van der Waals surface area contributed by atoms with Gasteiger partial charge in [-0.2, -0.15) is 0 Å². The minimum Gasteiger partial charge on any atom is -0.325 e. The van der Waals surface area contributed by atoms with Crippen LogP contribution in [0.4, 0.5) is 5.69 Å². The lowest BCUT2D eigenvalue weighted by Crippen LogP contribution is -2.14. The fourth-order valence-electron chi connectivity index (χ4n) is 2.46. The van der Waals surface area contributed by atoms with Crippen LogP contribution in [0.5, 0.6) is 0 Å². The molecular weight excluding hydrogens is 318 g/mol. The molecule has 24 heavy (non-hydrogen) atoms. The number of carbonyl (C=O) groups excluding carboxylic acids is 1. The topological polar surface area (TPSA) is 46.9 Å². The Morgan fingerprint density at radius 1 is 1.17 bits per heavy atom. The molecule has 3 rings (SSSR count). The molecule has 5 heteroatoms. The van der Waals surface area contributed by atoms with E-state index in [1.165, 1.54) is 17.3 Å². The number of aryl methyl sites for hydroxylation is 2. The highest BCUT2D eigenvalue weighted by molar-refractivity contribution is 7.99. The molecule has 0 aliphatic carbocycles. The van der Waals surface area contributed by atoms with Gasteiger partial charge in [-0.15, -0.1) is 0 Å². The average molecular weight is 337 g/mol. The summed E-state index contributed by atoms with van der Waals surface area (Å²) in [5.74, 6) is 0.279. The van der Waals surface area contributed by atoms with E-state index < -0.39 is 0 Å². The van der Waals surface area contributed by atoms with Crippen LogP contribution >= 0.6 is 11.8 Å². The predicted octanol–water partition coefficient (Wildman–Crippen LogP) is 4.22. The van der Waals surface area contributed by atoms with Gasteiger partial charge in [0.25, 0.3) is 0 Å². The summed E-state index contributed by atoms with van der Waals surface area (Å²) < 4.78 is 2.01. The van der Waals surface area contributed by atoms with E-state index in [4.69, 9.17) is 0 Å². The molecule has 0 saturated heterocycles. The predicted molar refractivity (Wildman–Crippen MR) is 98.8 cm³/mol. The Bertz CT molecular complexity index is 857. The van der Waals surface area contributed by atoms with Crippen molar-refractivity contribution in [1.82, 2.24) is 9.55 Å². The maximum atomic E-state index is 12.2. The molecule has 122 valence electrons. The third kappa shape index (κ3) is 3.86. The third-order valence-corrected chi connectivity index (χ3v) is 4.58. The molecule has 0 unspecified atom stereocenters. The van der Waals surface area contributed by atoms with Crippen LogP contribution in [-0.4, -0.2) is 21.2 Å². The van der Waals surface area contributed by atoms with Crippen molar-refractivity contribution in [1.29, 1.82) is 0 Å². The third-order valence-electron chi connectivity index (χ3n) is 3.62. The Morgan fingerprint density at radius 3 is 2.79 bits per heavy atom. The minimum atomic E-state index is -0.0371. The number of imidazole rings is 1. The number of carbonyl (C=O) groups is 1. The summed E-state index contributed by atoms with van der Waals surface area (Å²) >= 11 is 1.43. The molecule has 0 spiro atoms. The summed E-state index contributed by atoms with van der Waals surface area (Å²) in [6.45, 7) is 4.07. The Kier molecular flexibility index (Phi) is 5.01. The van der Waals surface area contributed by atoms with Gasteiger partial charge in [-0.3, -0.25) is 9.36 Å². The fourth-order valence-corrected chi connectivity index (χ4v) is 3.23. The number of amides is 1. The van der Waals surface area contributed by atoms with Crippen molar-refractivity contribution in [2.75, 3.05) is 11.1 Å². The van der Waals surface area contributed by atoms with Crippen LogP contribution in [0, 0.1) is 13.8 Å². The molecule has 2 aromatic carbocycles. The molecule has 1 N–H and O–H groups in total. The van der Waals surface area contributed by atoms with Crippen LogP contribution in [0.15, 0.2) is 66.1 Å². The van der Waals surface area contributed by atoms with Crippen molar-refractivity contribution < 1.29 is 4.79 Å². The van der Waals surface area contributed by atoms with E-state index in [0.29, 0.717) is 5.75 Å². The SMILES string of the molecule is Cc1cccc(NC(=O)CSc2nccn2-c2ccccc2C)c1. The monoisotopic (exact) mass is 337 g/mol. The fraction of sp³-hybridized carbons (Fsp3) is 0.158. The van der Waals surface area contributed by atoms with Crippen molar-refractivity contribution in [2.24, 2.45) is 0 Å². The van der Waals surface area contributed by atoms with E-state index in [1.54, 1.807) is 6.20 Å². The van der Waals surface area contributed by atoms with Crippen molar-refractivity contribution in [3.63, 3.8) is 0 Å². The zero-order chi connectivity index (χ0) is 16.9. The number of anilines is 1. The van der Waals surface area contributed by atoms with E-state index in [2.05, 4.69) is 23.3 Å². The summed E-state index contributed by atoms with van der Waals surface area (Å²) in [6.07, 6.45) is 3.68.